The maximum absolute atomic E-state index is 12.6. The standard InChI is InChI=1S/C16H26N4O2/c1-22-12-13-4-3-8-19(11-13)16(21)15-6-9-20(18-15)14-5-2-7-17-10-14/h6,9,13-14,17H,2-5,7-8,10-12H2,1H3/t13-,14-/m1/s1. The van der Waals surface area contributed by atoms with E-state index in [0.29, 0.717) is 17.7 Å². The summed E-state index contributed by atoms with van der Waals surface area (Å²) in [7, 11) is 1.72. The van der Waals surface area contributed by atoms with Gasteiger partial charge < -0.3 is 15.0 Å². The van der Waals surface area contributed by atoms with E-state index in [-0.39, 0.29) is 5.91 Å². The van der Waals surface area contributed by atoms with Crippen LogP contribution in [-0.4, -0.2) is 60.5 Å². The summed E-state index contributed by atoms with van der Waals surface area (Å²) in [6, 6.07) is 2.23. The molecule has 1 N–H and O–H groups in total. The number of aromatic nitrogens is 2. The van der Waals surface area contributed by atoms with Crippen LogP contribution < -0.4 is 5.32 Å². The van der Waals surface area contributed by atoms with Crippen molar-refractivity contribution in [2.75, 3.05) is 39.9 Å². The van der Waals surface area contributed by atoms with Crippen molar-refractivity contribution in [3.63, 3.8) is 0 Å². The van der Waals surface area contributed by atoms with Crippen molar-refractivity contribution in [2.24, 2.45) is 5.92 Å². The van der Waals surface area contributed by atoms with E-state index in [0.717, 1.165) is 52.0 Å². The molecule has 1 aromatic rings. The van der Waals surface area contributed by atoms with Crippen LogP contribution in [0.2, 0.25) is 0 Å². The van der Waals surface area contributed by atoms with Gasteiger partial charge in [-0.15, -0.1) is 0 Å². The first-order valence-corrected chi connectivity index (χ1v) is 8.32. The van der Waals surface area contributed by atoms with Crippen molar-refractivity contribution in [1.29, 1.82) is 0 Å². The fourth-order valence-corrected chi connectivity index (χ4v) is 3.50. The van der Waals surface area contributed by atoms with Crippen molar-refractivity contribution >= 4 is 5.91 Å². The molecular weight excluding hydrogens is 280 g/mol. The number of methoxy groups -OCH3 is 1. The molecule has 6 nitrogen and oxygen atoms in total. The number of carbonyl (C=O) groups is 1. The SMILES string of the molecule is COC[C@@H]1CCCN(C(=O)c2ccn([C@@H]3CCCNC3)n2)C1. The van der Waals surface area contributed by atoms with Gasteiger partial charge in [-0.2, -0.15) is 5.10 Å². The van der Waals surface area contributed by atoms with Crippen molar-refractivity contribution < 1.29 is 9.53 Å². The Morgan fingerprint density at radius 2 is 2.36 bits per heavy atom. The predicted molar refractivity (Wildman–Crippen MR) is 83.9 cm³/mol. The van der Waals surface area contributed by atoms with Crippen LogP contribution in [0.3, 0.4) is 0 Å². The van der Waals surface area contributed by atoms with Crippen molar-refractivity contribution in [3.8, 4) is 0 Å². The zero-order valence-electron chi connectivity index (χ0n) is 13.3. The zero-order chi connectivity index (χ0) is 15.4. The summed E-state index contributed by atoms with van der Waals surface area (Å²) in [6.45, 7) is 4.36. The lowest BCUT2D eigenvalue weighted by atomic mass is 9.99. The van der Waals surface area contributed by atoms with Crippen LogP contribution >= 0.6 is 0 Å². The van der Waals surface area contributed by atoms with E-state index in [9.17, 15) is 4.79 Å². The van der Waals surface area contributed by atoms with Crippen LogP contribution in [0.4, 0.5) is 0 Å². The quantitative estimate of drug-likeness (QED) is 0.911. The summed E-state index contributed by atoms with van der Waals surface area (Å²) in [5.41, 5.74) is 0.573. The minimum absolute atomic E-state index is 0.0586. The summed E-state index contributed by atoms with van der Waals surface area (Å²) in [6.07, 6.45) is 6.43. The third-order valence-electron chi connectivity index (χ3n) is 4.68. The number of amides is 1. The lowest BCUT2D eigenvalue weighted by molar-refractivity contribution is 0.0564. The number of nitrogens with zero attached hydrogens (tertiary/aromatic N) is 3. The minimum atomic E-state index is 0.0586. The molecule has 0 saturated carbocycles. The number of likely N-dealkylation sites (tertiary alicyclic amines) is 1. The Bertz CT molecular complexity index is 494. The maximum Gasteiger partial charge on any atom is 0.274 e. The summed E-state index contributed by atoms with van der Waals surface area (Å²) in [4.78, 5) is 14.6. The van der Waals surface area contributed by atoms with Crippen LogP contribution in [-0.2, 0) is 4.74 Å². The Hall–Kier alpha value is -1.40. The Balaban J connectivity index is 1.63. The molecule has 2 aliphatic heterocycles. The number of ether oxygens (including phenoxy) is 1. The second-order valence-corrected chi connectivity index (χ2v) is 6.40. The highest BCUT2D eigenvalue weighted by Gasteiger charge is 2.26. The van der Waals surface area contributed by atoms with E-state index in [1.54, 1.807) is 7.11 Å². The fraction of sp³-hybridized carbons (Fsp3) is 0.750. The highest BCUT2D eigenvalue weighted by molar-refractivity contribution is 5.92. The first kappa shape index (κ1) is 15.5. The van der Waals surface area contributed by atoms with E-state index in [1.807, 2.05) is 21.8 Å². The monoisotopic (exact) mass is 306 g/mol. The van der Waals surface area contributed by atoms with Crippen LogP contribution in [0.15, 0.2) is 12.3 Å². The molecule has 0 radical (unpaired) electrons. The second kappa shape index (κ2) is 7.24. The first-order valence-electron chi connectivity index (χ1n) is 8.32. The van der Waals surface area contributed by atoms with E-state index < -0.39 is 0 Å². The van der Waals surface area contributed by atoms with Gasteiger partial charge in [0.2, 0.25) is 0 Å². The van der Waals surface area contributed by atoms with Gasteiger partial charge in [0.15, 0.2) is 0 Å². The zero-order valence-corrected chi connectivity index (χ0v) is 13.3. The van der Waals surface area contributed by atoms with Gasteiger partial charge in [-0.1, -0.05) is 0 Å². The minimum Gasteiger partial charge on any atom is -0.384 e. The van der Waals surface area contributed by atoms with Crippen LogP contribution in [0.25, 0.3) is 0 Å². The predicted octanol–water partition coefficient (Wildman–Crippen LogP) is 1.31. The van der Waals surface area contributed by atoms with Gasteiger partial charge in [0, 0.05) is 32.9 Å². The Morgan fingerprint density at radius 3 is 3.14 bits per heavy atom. The Labute approximate surface area is 131 Å². The molecule has 1 amide bonds. The lowest BCUT2D eigenvalue weighted by Crippen LogP contribution is -2.41. The molecular formula is C16H26N4O2. The van der Waals surface area contributed by atoms with Crippen LogP contribution in [0.1, 0.15) is 42.2 Å². The molecule has 6 heteroatoms. The van der Waals surface area contributed by atoms with Crippen LogP contribution in [0.5, 0.6) is 0 Å². The van der Waals surface area contributed by atoms with Gasteiger partial charge in [-0.05, 0) is 44.2 Å². The molecule has 122 valence electrons. The molecule has 2 aliphatic rings. The number of hydrogen-bond acceptors (Lipinski definition) is 4. The van der Waals surface area contributed by atoms with E-state index in [4.69, 9.17) is 4.74 Å². The van der Waals surface area contributed by atoms with E-state index in [2.05, 4.69) is 10.4 Å². The summed E-state index contributed by atoms with van der Waals surface area (Å²) >= 11 is 0. The van der Waals surface area contributed by atoms with Gasteiger partial charge in [0.1, 0.15) is 5.69 Å². The first-order chi connectivity index (χ1) is 10.8. The molecule has 3 rings (SSSR count). The number of nitrogens with one attached hydrogen (secondary N) is 1. The van der Waals surface area contributed by atoms with E-state index in [1.165, 1.54) is 6.42 Å². The number of piperidine rings is 2. The normalized spacial score (nSPS) is 26.1. The summed E-state index contributed by atoms with van der Waals surface area (Å²) < 4.78 is 7.19. The molecule has 0 bridgehead atoms. The molecule has 1 aromatic heterocycles. The third-order valence-corrected chi connectivity index (χ3v) is 4.68. The number of rotatable bonds is 4. The molecule has 2 fully saturated rings. The van der Waals surface area contributed by atoms with Crippen molar-refractivity contribution in [1.82, 2.24) is 20.0 Å². The van der Waals surface area contributed by atoms with Gasteiger partial charge in [0.25, 0.3) is 5.91 Å². The van der Waals surface area contributed by atoms with Crippen LogP contribution in [0, 0.1) is 5.92 Å². The smallest absolute Gasteiger partial charge is 0.274 e. The van der Waals surface area contributed by atoms with Gasteiger partial charge in [-0.25, -0.2) is 0 Å². The number of hydrogen-bond donors (Lipinski definition) is 1. The van der Waals surface area contributed by atoms with Gasteiger partial charge >= 0.3 is 0 Å². The topological polar surface area (TPSA) is 59.4 Å². The summed E-state index contributed by atoms with van der Waals surface area (Å²) in [5.74, 6) is 0.510. The molecule has 3 heterocycles. The molecule has 22 heavy (non-hydrogen) atoms. The highest BCUT2D eigenvalue weighted by Crippen LogP contribution is 2.20. The maximum atomic E-state index is 12.6. The van der Waals surface area contributed by atoms with Gasteiger partial charge in [0.05, 0.1) is 12.6 Å². The largest absolute Gasteiger partial charge is 0.384 e. The van der Waals surface area contributed by atoms with E-state index >= 15 is 0 Å². The second-order valence-electron chi connectivity index (χ2n) is 6.40. The average molecular weight is 306 g/mol. The lowest BCUT2D eigenvalue weighted by Gasteiger charge is -2.32. The Kier molecular flexibility index (Phi) is 5.10. The van der Waals surface area contributed by atoms with Crippen molar-refractivity contribution in [2.45, 2.75) is 31.7 Å². The van der Waals surface area contributed by atoms with Gasteiger partial charge in [-0.3, -0.25) is 9.48 Å². The average Bonchev–Trinajstić information content (AvgIpc) is 3.05. The molecule has 2 saturated heterocycles. The van der Waals surface area contributed by atoms with Crippen molar-refractivity contribution in [3.05, 3.63) is 18.0 Å². The molecule has 0 aliphatic carbocycles. The molecule has 0 aromatic carbocycles. The molecule has 0 spiro atoms. The summed E-state index contributed by atoms with van der Waals surface area (Å²) in [5, 5.41) is 7.92. The molecule has 2 atom stereocenters. The highest BCUT2D eigenvalue weighted by atomic mass is 16.5. The fourth-order valence-electron chi connectivity index (χ4n) is 3.50. The third kappa shape index (κ3) is 3.50. The number of carbonyl (C=O) groups excluding carboxylic acids is 1. The Morgan fingerprint density at radius 1 is 1.45 bits per heavy atom. The molecule has 0 unspecified atom stereocenters.